The van der Waals surface area contributed by atoms with Crippen LogP contribution in [0, 0.1) is 11.2 Å². The van der Waals surface area contributed by atoms with Gasteiger partial charge in [0.2, 0.25) is 0 Å². The average Bonchev–Trinajstić information content (AvgIpc) is 2.31. The van der Waals surface area contributed by atoms with Crippen molar-refractivity contribution in [3.05, 3.63) is 34.6 Å². The molecule has 0 unspecified atom stereocenters. The number of benzene rings is 1. The standard InChI is InChI=1S/C14H22ClFN2/c1-4-18(10-14(2,3)9-17)8-11-5-6-12(15)7-13(11)16/h5-7H,4,8-10,17H2,1-3H3. The van der Waals surface area contributed by atoms with Crippen molar-refractivity contribution in [1.29, 1.82) is 0 Å². The lowest BCUT2D eigenvalue weighted by molar-refractivity contribution is 0.182. The third-order valence-corrected chi connectivity index (χ3v) is 3.30. The van der Waals surface area contributed by atoms with E-state index in [1.54, 1.807) is 12.1 Å². The van der Waals surface area contributed by atoms with Gasteiger partial charge in [-0.15, -0.1) is 0 Å². The number of halogens is 2. The molecule has 1 aromatic carbocycles. The van der Waals surface area contributed by atoms with Gasteiger partial charge in [-0.05, 0) is 30.6 Å². The summed E-state index contributed by atoms with van der Waals surface area (Å²) < 4.78 is 13.7. The molecule has 1 rings (SSSR count). The van der Waals surface area contributed by atoms with Gasteiger partial charge in [-0.1, -0.05) is 38.4 Å². The highest BCUT2D eigenvalue weighted by atomic mass is 35.5. The number of nitrogens with two attached hydrogens (primary N) is 1. The number of hydrogen-bond donors (Lipinski definition) is 1. The van der Waals surface area contributed by atoms with Gasteiger partial charge < -0.3 is 5.73 Å². The fourth-order valence-electron chi connectivity index (χ4n) is 1.84. The van der Waals surface area contributed by atoms with E-state index >= 15 is 0 Å². The van der Waals surface area contributed by atoms with Crippen molar-refractivity contribution in [3.8, 4) is 0 Å². The largest absolute Gasteiger partial charge is 0.330 e. The second-order valence-electron chi connectivity index (χ2n) is 5.41. The zero-order valence-electron chi connectivity index (χ0n) is 11.3. The van der Waals surface area contributed by atoms with Crippen LogP contribution < -0.4 is 5.73 Å². The van der Waals surface area contributed by atoms with Gasteiger partial charge in [0.1, 0.15) is 5.82 Å². The van der Waals surface area contributed by atoms with Crippen LogP contribution in [0.3, 0.4) is 0 Å². The number of rotatable bonds is 6. The van der Waals surface area contributed by atoms with E-state index in [0.717, 1.165) is 13.1 Å². The van der Waals surface area contributed by atoms with Crippen molar-refractivity contribution in [2.45, 2.75) is 27.3 Å². The van der Waals surface area contributed by atoms with Crippen LogP contribution in [0.15, 0.2) is 18.2 Å². The van der Waals surface area contributed by atoms with Gasteiger partial charge in [0.05, 0.1) is 0 Å². The molecule has 0 fully saturated rings. The van der Waals surface area contributed by atoms with Gasteiger partial charge in [0, 0.05) is 23.7 Å². The van der Waals surface area contributed by atoms with Gasteiger partial charge in [-0.25, -0.2) is 4.39 Å². The van der Waals surface area contributed by atoms with E-state index in [4.69, 9.17) is 17.3 Å². The Morgan fingerprint density at radius 3 is 2.56 bits per heavy atom. The molecule has 0 heterocycles. The highest BCUT2D eigenvalue weighted by Crippen LogP contribution is 2.19. The Morgan fingerprint density at radius 1 is 1.39 bits per heavy atom. The monoisotopic (exact) mass is 272 g/mol. The molecule has 0 aromatic heterocycles. The van der Waals surface area contributed by atoms with Crippen LogP contribution in [0.1, 0.15) is 26.3 Å². The van der Waals surface area contributed by atoms with Crippen LogP contribution in [0.25, 0.3) is 0 Å². The van der Waals surface area contributed by atoms with Gasteiger partial charge in [-0.3, -0.25) is 4.90 Å². The van der Waals surface area contributed by atoms with Crippen LogP contribution >= 0.6 is 11.6 Å². The average molecular weight is 273 g/mol. The summed E-state index contributed by atoms with van der Waals surface area (Å²) in [6.45, 7) is 9.23. The molecular weight excluding hydrogens is 251 g/mol. The molecule has 0 aliphatic rings. The molecule has 0 bridgehead atoms. The van der Waals surface area contributed by atoms with Crippen molar-refractivity contribution in [3.63, 3.8) is 0 Å². The van der Waals surface area contributed by atoms with Crippen LogP contribution in [-0.4, -0.2) is 24.5 Å². The van der Waals surface area contributed by atoms with E-state index in [1.807, 2.05) is 0 Å². The molecule has 2 N–H and O–H groups in total. The minimum Gasteiger partial charge on any atom is -0.330 e. The van der Waals surface area contributed by atoms with E-state index < -0.39 is 0 Å². The number of hydrogen-bond acceptors (Lipinski definition) is 2. The van der Waals surface area contributed by atoms with Crippen LogP contribution in [0.4, 0.5) is 4.39 Å². The lowest BCUT2D eigenvalue weighted by Crippen LogP contribution is -2.38. The zero-order chi connectivity index (χ0) is 13.8. The highest BCUT2D eigenvalue weighted by molar-refractivity contribution is 6.30. The van der Waals surface area contributed by atoms with Gasteiger partial charge in [-0.2, -0.15) is 0 Å². The van der Waals surface area contributed by atoms with Gasteiger partial charge in [0.25, 0.3) is 0 Å². The lowest BCUT2D eigenvalue weighted by atomic mass is 9.93. The summed E-state index contributed by atoms with van der Waals surface area (Å²) in [4.78, 5) is 2.19. The summed E-state index contributed by atoms with van der Waals surface area (Å²) in [5.74, 6) is -0.244. The van der Waals surface area contributed by atoms with E-state index in [1.165, 1.54) is 6.07 Å². The van der Waals surface area contributed by atoms with Crippen molar-refractivity contribution in [2.24, 2.45) is 11.1 Å². The lowest BCUT2D eigenvalue weighted by Gasteiger charge is -2.31. The first-order chi connectivity index (χ1) is 8.38. The molecule has 0 aliphatic heterocycles. The van der Waals surface area contributed by atoms with E-state index in [-0.39, 0.29) is 11.2 Å². The quantitative estimate of drug-likeness (QED) is 0.861. The maximum atomic E-state index is 13.7. The van der Waals surface area contributed by atoms with Crippen LogP contribution in [0.5, 0.6) is 0 Å². The summed E-state index contributed by atoms with van der Waals surface area (Å²) in [6, 6.07) is 4.83. The SMILES string of the molecule is CCN(Cc1ccc(Cl)cc1F)CC(C)(C)CN. The fraction of sp³-hybridized carbons (Fsp3) is 0.571. The predicted octanol–water partition coefficient (Wildman–Crippen LogP) is 3.29. The Morgan fingerprint density at radius 2 is 2.06 bits per heavy atom. The van der Waals surface area contributed by atoms with E-state index in [0.29, 0.717) is 23.7 Å². The Balaban J connectivity index is 2.74. The topological polar surface area (TPSA) is 29.3 Å². The molecule has 0 aliphatic carbocycles. The molecular formula is C14H22ClFN2. The van der Waals surface area contributed by atoms with Gasteiger partial charge in [0.15, 0.2) is 0 Å². The molecule has 2 nitrogen and oxygen atoms in total. The maximum absolute atomic E-state index is 13.7. The predicted molar refractivity (Wildman–Crippen MR) is 75.2 cm³/mol. The molecule has 0 amide bonds. The third kappa shape index (κ3) is 4.56. The van der Waals surface area contributed by atoms with Crippen molar-refractivity contribution in [1.82, 2.24) is 4.90 Å². The minimum absolute atomic E-state index is 0.0406. The summed E-state index contributed by atoms with van der Waals surface area (Å²) in [6.07, 6.45) is 0. The summed E-state index contributed by atoms with van der Waals surface area (Å²) in [7, 11) is 0. The Hall–Kier alpha value is -0.640. The zero-order valence-corrected chi connectivity index (χ0v) is 12.1. The molecule has 0 saturated heterocycles. The van der Waals surface area contributed by atoms with Crippen LogP contribution in [-0.2, 0) is 6.54 Å². The van der Waals surface area contributed by atoms with Crippen molar-refractivity contribution < 1.29 is 4.39 Å². The Kier molecular flexibility index (Phi) is 5.57. The highest BCUT2D eigenvalue weighted by Gasteiger charge is 2.20. The molecule has 0 saturated carbocycles. The second-order valence-corrected chi connectivity index (χ2v) is 5.84. The molecule has 18 heavy (non-hydrogen) atoms. The summed E-state index contributed by atoms with van der Waals surface area (Å²) >= 11 is 5.75. The normalized spacial score (nSPS) is 12.2. The molecule has 0 spiro atoms. The maximum Gasteiger partial charge on any atom is 0.129 e. The Labute approximate surface area is 114 Å². The smallest absolute Gasteiger partial charge is 0.129 e. The van der Waals surface area contributed by atoms with Crippen molar-refractivity contribution >= 4 is 11.6 Å². The first-order valence-corrected chi connectivity index (χ1v) is 6.62. The minimum atomic E-state index is -0.244. The molecule has 102 valence electrons. The molecule has 4 heteroatoms. The first-order valence-electron chi connectivity index (χ1n) is 6.24. The Bertz CT molecular complexity index is 393. The fourth-order valence-corrected chi connectivity index (χ4v) is 2.00. The number of nitrogens with zero attached hydrogens (tertiary/aromatic N) is 1. The molecule has 1 aromatic rings. The summed E-state index contributed by atoms with van der Waals surface area (Å²) in [5.41, 5.74) is 6.45. The van der Waals surface area contributed by atoms with Crippen molar-refractivity contribution in [2.75, 3.05) is 19.6 Å². The van der Waals surface area contributed by atoms with Crippen LogP contribution in [0.2, 0.25) is 5.02 Å². The first kappa shape index (κ1) is 15.4. The second kappa shape index (κ2) is 6.50. The van der Waals surface area contributed by atoms with E-state index in [2.05, 4.69) is 25.7 Å². The summed E-state index contributed by atoms with van der Waals surface area (Å²) in [5, 5.41) is 0.432. The molecule has 0 atom stereocenters. The molecule has 0 radical (unpaired) electrons. The van der Waals surface area contributed by atoms with E-state index in [9.17, 15) is 4.39 Å². The third-order valence-electron chi connectivity index (χ3n) is 3.06. The van der Waals surface area contributed by atoms with Gasteiger partial charge >= 0.3 is 0 Å².